The highest BCUT2D eigenvalue weighted by Gasteiger charge is 2.17. The Bertz CT molecular complexity index is 428. The summed E-state index contributed by atoms with van der Waals surface area (Å²) in [5.74, 6) is 0.317. The van der Waals surface area contributed by atoms with Crippen LogP contribution in [0, 0.1) is 6.92 Å². The number of rotatable bonds is 3. The monoisotopic (exact) mass is 252 g/mol. The molecule has 0 aromatic carbocycles. The van der Waals surface area contributed by atoms with Gasteiger partial charge in [-0.1, -0.05) is 0 Å². The molecule has 0 atom stereocenters. The van der Waals surface area contributed by atoms with E-state index in [-0.39, 0.29) is 5.56 Å². The van der Waals surface area contributed by atoms with Gasteiger partial charge in [-0.25, -0.2) is 4.79 Å². The van der Waals surface area contributed by atoms with E-state index in [1.54, 1.807) is 13.0 Å². The normalized spacial score (nSPS) is 18.8. The van der Waals surface area contributed by atoms with E-state index in [0.29, 0.717) is 12.3 Å². The van der Waals surface area contributed by atoms with E-state index >= 15 is 0 Å². The predicted octanol–water partition coefficient (Wildman–Crippen LogP) is 1.42. The zero-order chi connectivity index (χ0) is 13.1. The van der Waals surface area contributed by atoms with Crippen LogP contribution in [0.5, 0.6) is 0 Å². The highest BCUT2D eigenvalue weighted by atomic mass is 16.4. The van der Waals surface area contributed by atoms with Crippen molar-refractivity contribution >= 4 is 5.97 Å². The fourth-order valence-corrected chi connectivity index (χ4v) is 2.31. The summed E-state index contributed by atoms with van der Waals surface area (Å²) in [7, 11) is 2.13. The lowest BCUT2D eigenvalue weighted by Crippen LogP contribution is -2.28. The third kappa shape index (κ3) is 3.11. The Morgan fingerprint density at radius 3 is 2.83 bits per heavy atom. The average molecular weight is 252 g/mol. The summed E-state index contributed by atoms with van der Waals surface area (Å²) in [4.78, 5) is 15.6. The number of aromatic carboxylic acids is 1. The molecule has 1 aliphatic rings. The fourth-order valence-electron chi connectivity index (χ4n) is 2.31. The van der Waals surface area contributed by atoms with Crippen LogP contribution in [0.2, 0.25) is 0 Å². The van der Waals surface area contributed by atoms with Gasteiger partial charge in [0.05, 0.1) is 6.54 Å². The molecular weight excluding hydrogens is 232 g/mol. The molecule has 2 rings (SSSR count). The summed E-state index contributed by atoms with van der Waals surface area (Å²) in [6, 6.07) is 1.65. The van der Waals surface area contributed by atoms with Gasteiger partial charge in [-0.3, -0.25) is 4.90 Å². The quantitative estimate of drug-likeness (QED) is 0.881. The Kier molecular flexibility index (Phi) is 4.04. The molecule has 1 fully saturated rings. The summed E-state index contributed by atoms with van der Waals surface area (Å²) in [5, 5.41) is 8.98. The summed E-state index contributed by atoms with van der Waals surface area (Å²) < 4.78 is 5.51. The van der Waals surface area contributed by atoms with Gasteiger partial charge < -0.3 is 14.4 Å². The topological polar surface area (TPSA) is 56.9 Å². The zero-order valence-electron chi connectivity index (χ0n) is 11.0. The number of carboxylic acid groups (broad SMARTS) is 1. The number of hydrogen-bond donors (Lipinski definition) is 1. The first-order valence-electron chi connectivity index (χ1n) is 6.30. The van der Waals surface area contributed by atoms with Crippen LogP contribution in [0.4, 0.5) is 0 Å². The van der Waals surface area contributed by atoms with Gasteiger partial charge in [0.25, 0.3) is 0 Å². The van der Waals surface area contributed by atoms with Crippen LogP contribution < -0.4 is 0 Å². The fraction of sp³-hybridized carbons (Fsp3) is 0.615. The molecule has 5 nitrogen and oxygen atoms in total. The maximum Gasteiger partial charge on any atom is 0.339 e. The molecule has 5 heteroatoms. The number of aryl methyl sites for hydroxylation is 1. The second-order valence-corrected chi connectivity index (χ2v) is 4.92. The van der Waals surface area contributed by atoms with Crippen LogP contribution in [0.15, 0.2) is 10.5 Å². The van der Waals surface area contributed by atoms with Crippen molar-refractivity contribution < 1.29 is 14.3 Å². The number of likely N-dealkylation sites (N-methyl/N-ethyl adjacent to an activating group) is 1. The molecule has 1 saturated heterocycles. The minimum atomic E-state index is -0.918. The van der Waals surface area contributed by atoms with E-state index in [2.05, 4.69) is 16.8 Å². The van der Waals surface area contributed by atoms with Gasteiger partial charge in [-0.05, 0) is 39.5 Å². The molecule has 0 unspecified atom stereocenters. The number of nitrogens with zero attached hydrogens (tertiary/aromatic N) is 2. The molecule has 0 radical (unpaired) electrons. The van der Waals surface area contributed by atoms with Crippen molar-refractivity contribution in [2.24, 2.45) is 0 Å². The van der Waals surface area contributed by atoms with Crippen LogP contribution >= 0.6 is 0 Å². The van der Waals surface area contributed by atoms with E-state index in [4.69, 9.17) is 9.52 Å². The summed E-state index contributed by atoms with van der Waals surface area (Å²) in [6.07, 6.45) is 1.14. The molecule has 2 heterocycles. The molecule has 1 aromatic rings. The first-order chi connectivity index (χ1) is 8.56. The van der Waals surface area contributed by atoms with Crippen LogP contribution in [-0.2, 0) is 6.54 Å². The van der Waals surface area contributed by atoms with Gasteiger partial charge in [0.2, 0.25) is 0 Å². The molecule has 0 spiro atoms. The van der Waals surface area contributed by atoms with Crippen molar-refractivity contribution in [3.8, 4) is 0 Å². The summed E-state index contributed by atoms with van der Waals surface area (Å²) >= 11 is 0. The number of carbonyl (C=O) groups is 1. The molecule has 0 amide bonds. The average Bonchev–Trinajstić information content (AvgIpc) is 2.54. The highest BCUT2D eigenvalue weighted by molar-refractivity contribution is 5.88. The van der Waals surface area contributed by atoms with Gasteiger partial charge in [-0.15, -0.1) is 0 Å². The molecule has 1 aromatic heterocycles. The van der Waals surface area contributed by atoms with Gasteiger partial charge in [0.1, 0.15) is 17.1 Å². The lowest BCUT2D eigenvalue weighted by molar-refractivity contribution is 0.0695. The van der Waals surface area contributed by atoms with Gasteiger partial charge in [0.15, 0.2) is 0 Å². The van der Waals surface area contributed by atoms with Crippen LogP contribution in [0.25, 0.3) is 0 Å². The van der Waals surface area contributed by atoms with E-state index in [1.807, 2.05) is 0 Å². The Hall–Kier alpha value is -1.33. The SMILES string of the molecule is Cc1oc(CN2CCCN(C)CC2)cc1C(=O)O. The Labute approximate surface area is 107 Å². The van der Waals surface area contributed by atoms with Crippen LogP contribution in [0.3, 0.4) is 0 Å². The molecule has 1 aliphatic heterocycles. The van der Waals surface area contributed by atoms with Crippen molar-refractivity contribution in [2.45, 2.75) is 19.9 Å². The second-order valence-electron chi connectivity index (χ2n) is 4.92. The molecule has 0 aliphatic carbocycles. The molecule has 100 valence electrons. The van der Waals surface area contributed by atoms with Crippen molar-refractivity contribution in [1.29, 1.82) is 0 Å². The van der Waals surface area contributed by atoms with Crippen molar-refractivity contribution in [2.75, 3.05) is 33.2 Å². The van der Waals surface area contributed by atoms with Crippen molar-refractivity contribution in [3.05, 3.63) is 23.2 Å². The second kappa shape index (κ2) is 5.54. The first kappa shape index (κ1) is 13.1. The maximum absolute atomic E-state index is 10.9. The van der Waals surface area contributed by atoms with Gasteiger partial charge in [0, 0.05) is 13.1 Å². The molecule has 0 saturated carbocycles. The van der Waals surface area contributed by atoms with Crippen molar-refractivity contribution in [1.82, 2.24) is 9.80 Å². The van der Waals surface area contributed by atoms with E-state index in [9.17, 15) is 4.79 Å². The van der Waals surface area contributed by atoms with Gasteiger partial charge >= 0.3 is 5.97 Å². The summed E-state index contributed by atoms with van der Waals surface area (Å²) in [6.45, 7) is 6.59. The van der Waals surface area contributed by atoms with E-state index in [1.165, 1.54) is 0 Å². The Morgan fingerprint density at radius 1 is 1.39 bits per heavy atom. The largest absolute Gasteiger partial charge is 0.478 e. The molecular formula is C13H20N2O3. The Balaban J connectivity index is 2.00. The Morgan fingerprint density at radius 2 is 2.17 bits per heavy atom. The highest BCUT2D eigenvalue weighted by Crippen LogP contribution is 2.17. The van der Waals surface area contributed by atoms with E-state index < -0.39 is 5.97 Å². The summed E-state index contributed by atoms with van der Waals surface area (Å²) in [5.41, 5.74) is 0.275. The smallest absolute Gasteiger partial charge is 0.339 e. The van der Waals surface area contributed by atoms with Crippen LogP contribution in [0.1, 0.15) is 28.3 Å². The maximum atomic E-state index is 10.9. The first-order valence-corrected chi connectivity index (χ1v) is 6.30. The third-order valence-electron chi connectivity index (χ3n) is 3.39. The number of carboxylic acids is 1. The number of furan rings is 1. The van der Waals surface area contributed by atoms with Crippen molar-refractivity contribution in [3.63, 3.8) is 0 Å². The molecule has 18 heavy (non-hydrogen) atoms. The molecule has 1 N–H and O–H groups in total. The number of hydrogen-bond acceptors (Lipinski definition) is 4. The minimum Gasteiger partial charge on any atom is -0.478 e. The third-order valence-corrected chi connectivity index (χ3v) is 3.39. The lowest BCUT2D eigenvalue weighted by Gasteiger charge is -2.18. The minimum absolute atomic E-state index is 0.275. The lowest BCUT2D eigenvalue weighted by atomic mass is 10.2. The van der Waals surface area contributed by atoms with E-state index in [0.717, 1.165) is 38.4 Å². The predicted molar refractivity (Wildman–Crippen MR) is 67.8 cm³/mol. The van der Waals surface area contributed by atoms with Crippen LogP contribution in [-0.4, -0.2) is 54.1 Å². The molecule has 0 bridgehead atoms. The zero-order valence-corrected chi connectivity index (χ0v) is 11.0. The van der Waals surface area contributed by atoms with Gasteiger partial charge in [-0.2, -0.15) is 0 Å². The standard InChI is InChI=1S/C13H20N2O3/c1-10-12(13(16)17)8-11(18-10)9-15-5-3-4-14(2)6-7-15/h8H,3-7,9H2,1-2H3,(H,16,17).